The van der Waals surface area contributed by atoms with Crippen molar-refractivity contribution in [3.05, 3.63) is 75.8 Å². The first kappa shape index (κ1) is 14.2. The Balaban J connectivity index is 1.98. The topological polar surface area (TPSA) is 55.2 Å². The molecule has 4 heteroatoms. The highest BCUT2D eigenvalue weighted by Crippen LogP contribution is 2.20. The molecule has 0 bridgehead atoms. The minimum Gasteiger partial charge on any atom is -0.313 e. The molecule has 0 aliphatic carbocycles. The number of nitrogens with one attached hydrogen (secondary N) is 1. The molecule has 0 saturated carbocycles. The summed E-state index contributed by atoms with van der Waals surface area (Å²) in [5, 5.41) is 13.9. The molecule has 4 nitrogen and oxygen atoms in total. The normalized spacial score (nSPS) is 12.1. The predicted molar refractivity (Wildman–Crippen MR) is 79.7 cm³/mol. The Labute approximate surface area is 118 Å². The van der Waals surface area contributed by atoms with Crippen LogP contribution in [-0.2, 0) is 6.42 Å². The van der Waals surface area contributed by atoms with Crippen molar-refractivity contribution in [2.75, 3.05) is 7.05 Å². The highest BCUT2D eigenvalue weighted by molar-refractivity contribution is 5.33. The van der Waals surface area contributed by atoms with Crippen LogP contribution >= 0.6 is 0 Å². The van der Waals surface area contributed by atoms with E-state index in [-0.39, 0.29) is 10.6 Å². The SMILES string of the molecule is CNC(CCc1ccc([N+](=O)[O-])cc1)c1ccccc1. The Morgan fingerprint density at radius 1 is 1.10 bits per heavy atom. The molecular formula is C16H18N2O2. The molecule has 1 atom stereocenters. The van der Waals surface area contributed by atoms with Crippen molar-refractivity contribution in [1.82, 2.24) is 5.32 Å². The number of benzene rings is 2. The van der Waals surface area contributed by atoms with Crippen molar-refractivity contribution in [3.8, 4) is 0 Å². The second-order valence-corrected chi connectivity index (χ2v) is 4.71. The van der Waals surface area contributed by atoms with E-state index in [0.29, 0.717) is 6.04 Å². The Kier molecular flexibility index (Phi) is 4.85. The summed E-state index contributed by atoms with van der Waals surface area (Å²) < 4.78 is 0. The van der Waals surface area contributed by atoms with E-state index < -0.39 is 0 Å². The molecule has 0 saturated heterocycles. The Hall–Kier alpha value is -2.20. The smallest absolute Gasteiger partial charge is 0.269 e. The van der Waals surface area contributed by atoms with Crippen LogP contribution in [0, 0.1) is 10.1 Å². The zero-order valence-electron chi connectivity index (χ0n) is 11.5. The van der Waals surface area contributed by atoms with E-state index in [4.69, 9.17) is 0 Å². The summed E-state index contributed by atoms with van der Waals surface area (Å²) in [6.07, 6.45) is 1.84. The van der Waals surface area contributed by atoms with Gasteiger partial charge in [-0.2, -0.15) is 0 Å². The third-order valence-electron chi connectivity index (χ3n) is 3.42. The second-order valence-electron chi connectivity index (χ2n) is 4.71. The fraction of sp³-hybridized carbons (Fsp3) is 0.250. The fourth-order valence-corrected chi connectivity index (χ4v) is 2.26. The minimum absolute atomic E-state index is 0.141. The van der Waals surface area contributed by atoms with Gasteiger partial charge in [0.2, 0.25) is 0 Å². The Bertz CT molecular complexity index is 552. The molecule has 0 aliphatic heterocycles. The molecule has 2 aromatic rings. The molecule has 1 unspecified atom stereocenters. The van der Waals surface area contributed by atoms with Crippen molar-refractivity contribution in [2.24, 2.45) is 0 Å². The number of non-ortho nitro benzene ring substituents is 1. The highest BCUT2D eigenvalue weighted by atomic mass is 16.6. The van der Waals surface area contributed by atoms with E-state index in [9.17, 15) is 10.1 Å². The quantitative estimate of drug-likeness (QED) is 0.645. The van der Waals surface area contributed by atoms with Crippen molar-refractivity contribution < 1.29 is 4.92 Å². The number of rotatable bonds is 6. The van der Waals surface area contributed by atoms with Gasteiger partial charge in [-0.1, -0.05) is 42.5 Å². The lowest BCUT2D eigenvalue weighted by Crippen LogP contribution is -2.16. The molecule has 0 heterocycles. The number of hydrogen-bond donors (Lipinski definition) is 1. The average Bonchev–Trinajstić information content (AvgIpc) is 2.49. The van der Waals surface area contributed by atoms with Gasteiger partial charge < -0.3 is 5.32 Å². The van der Waals surface area contributed by atoms with Crippen LogP contribution in [0.15, 0.2) is 54.6 Å². The van der Waals surface area contributed by atoms with Gasteiger partial charge in [0.25, 0.3) is 5.69 Å². The molecule has 20 heavy (non-hydrogen) atoms. The predicted octanol–water partition coefficient (Wildman–Crippen LogP) is 3.49. The molecule has 104 valence electrons. The molecule has 1 N–H and O–H groups in total. The number of hydrogen-bond acceptors (Lipinski definition) is 3. The van der Waals surface area contributed by atoms with Crippen LogP contribution in [0.25, 0.3) is 0 Å². The molecule has 0 radical (unpaired) electrons. The van der Waals surface area contributed by atoms with E-state index >= 15 is 0 Å². The summed E-state index contributed by atoms with van der Waals surface area (Å²) in [7, 11) is 1.95. The first-order chi connectivity index (χ1) is 9.70. The lowest BCUT2D eigenvalue weighted by Gasteiger charge is -2.16. The summed E-state index contributed by atoms with van der Waals surface area (Å²) in [5.41, 5.74) is 2.52. The van der Waals surface area contributed by atoms with Gasteiger partial charge in [0, 0.05) is 18.2 Å². The van der Waals surface area contributed by atoms with Crippen LogP contribution in [-0.4, -0.2) is 12.0 Å². The molecular weight excluding hydrogens is 252 g/mol. The molecule has 0 aromatic heterocycles. The van der Waals surface area contributed by atoms with Crippen LogP contribution in [0.4, 0.5) is 5.69 Å². The van der Waals surface area contributed by atoms with Crippen molar-refractivity contribution >= 4 is 5.69 Å². The van der Waals surface area contributed by atoms with Crippen molar-refractivity contribution in [3.63, 3.8) is 0 Å². The van der Waals surface area contributed by atoms with Gasteiger partial charge in [0.05, 0.1) is 4.92 Å². The molecule has 2 rings (SSSR count). The summed E-state index contributed by atoms with van der Waals surface area (Å²) in [6.45, 7) is 0. The van der Waals surface area contributed by atoms with Crippen LogP contribution in [0.1, 0.15) is 23.6 Å². The number of nitro benzene ring substituents is 1. The van der Waals surface area contributed by atoms with Crippen LogP contribution < -0.4 is 5.32 Å². The van der Waals surface area contributed by atoms with Crippen molar-refractivity contribution in [1.29, 1.82) is 0 Å². The lowest BCUT2D eigenvalue weighted by atomic mass is 9.99. The van der Waals surface area contributed by atoms with E-state index in [1.807, 2.05) is 37.4 Å². The van der Waals surface area contributed by atoms with Gasteiger partial charge in [0.15, 0.2) is 0 Å². The Morgan fingerprint density at radius 2 is 1.75 bits per heavy atom. The fourth-order valence-electron chi connectivity index (χ4n) is 2.26. The monoisotopic (exact) mass is 270 g/mol. The number of aryl methyl sites for hydroxylation is 1. The number of nitro groups is 1. The zero-order chi connectivity index (χ0) is 14.4. The van der Waals surface area contributed by atoms with Gasteiger partial charge in [-0.25, -0.2) is 0 Å². The standard InChI is InChI=1S/C16H18N2O2/c1-17-16(14-5-3-2-4-6-14)12-9-13-7-10-15(11-8-13)18(19)20/h2-8,10-11,16-17H,9,12H2,1H3. The minimum atomic E-state index is -0.371. The van der Waals surface area contributed by atoms with Gasteiger partial charge in [0.1, 0.15) is 0 Å². The van der Waals surface area contributed by atoms with Crippen molar-refractivity contribution in [2.45, 2.75) is 18.9 Å². The maximum Gasteiger partial charge on any atom is 0.269 e. The first-order valence-electron chi connectivity index (χ1n) is 6.66. The van der Waals surface area contributed by atoms with Crippen LogP contribution in [0.5, 0.6) is 0 Å². The van der Waals surface area contributed by atoms with Gasteiger partial charge >= 0.3 is 0 Å². The molecule has 2 aromatic carbocycles. The third-order valence-corrected chi connectivity index (χ3v) is 3.42. The molecule has 0 amide bonds. The van der Waals surface area contributed by atoms with E-state index in [1.54, 1.807) is 12.1 Å². The van der Waals surface area contributed by atoms with Gasteiger partial charge in [-0.05, 0) is 31.0 Å². The largest absolute Gasteiger partial charge is 0.313 e. The van der Waals surface area contributed by atoms with Gasteiger partial charge in [-0.15, -0.1) is 0 Å². The maximum absolute atomic E-state index is 10.6. The summed E-state index contributed by atoms with van der Waals surface area (Å²) in [6, 6.07) is 17.4. The summed E-state index contributed by atoms with van der Waals surface area (Å²) >= 11 is 0. The molecule has 0 spiro atoms. The van der Waals surface area contributed by atoms with E-state index in [0.717, 1.165) is 18.4 Å². The summed E-state index contributed by atoms with van der Waals surface area (Å²) in [4.78, 5) is 10.2. The summed E-state index contributed by atoms with van der Waals surface area (Å²) in [5.74, 6) is 0. The first-order valence-corrected chi connectivity index (χ1v) is 6.66. The zero-order valence-corrected chi connectivity index (χ0v) is 11.5. The van der Waals surface area contributed by atoms with Crippen LogP contribution in [0.3, 0.4) is 0 Å². The van der Waals surface area contributed by atoms with E-state index in [1.165, 1.54) is 5.56 Å². The van der Waals surface area contributed by atoms with Gasteiger partial charge in [-0.3, -0.25) is 10.1 Å². The van der Waals surface area contributed by atoms with E-state index in [2.05, 4.69) is 17.4 Å². The Morgan fingerprint density at radius 3 is 2.30 bits per heavy atom. The maximum atomic E-state index is 10.6. The number of nitrogens with zero attached hydrogens (tertiary/aromatic N) is 1. The average molecular weight is 270 g/mol. The third kappa shape index (κ3) is 3.65. The second kappa shape index (κ2) is 6.82. The lowest BCUT2D eigenvalue weighted by molar-refractivity contribution is -0.384. The van der Waals surface area contributed by atoms with Crippen LogP contribution in [0.2, 0.25) is 0 Å². The molecule has 0 aliphatic rings. The highest BCUT2D eigenvalue weighted by Gasteiger charge is 2.09. The molecule has 0 fully saturated rings.